The molecule has 0 spiro atoms. The van der Waals surface area contributed by atoms with Crippen LogP contribution in [-0.4, -0.2) is 41.6 Å². The van der Waals surface area contributed by atoms with Crippen LogP contribution in [0.3, 0.4) is 0 Å². The third kappa shape index (κ3) is 2.36. The molecular formula is C10H18N4O2S. The van der Waals surface area contributed by atoms with Crippen LogP contribution in [0.2, 0.25) is 0 Å². The molecule has 1 saturated heterocycles. The summed E-state index contributed by atoms with van der Waals surface area (Å²) in [5.41, 5.74) is 5.88. The minimum atomic E-state index is -3.46. The van der Waals surface area contributed by atoms with Crippen LogP contribution in [0.15, 0.2) is 17.3 Å². The van der Waals surface area contributed by atoms with Crippen molar-refractivity contribution >= 4 is 10.0 Å². The summed E-state index contributed by atoms with van der Waals surface area (Å²) in [5, 5.41) is 4.12. The van der Waals surface area contributed by atoms with E-state index in [4.69, 9.17) is 5.73 Å². The van der Waals surface area contributed by atoms with Crippen LogP contribution in [0.25, 0.3) is 0 Å². The molecule has 17 heavy (non-hydrogen) atoms. The number of hydrogen-bond acceptors (Lipinski definition) is 4. The van der Waals surface area contributed by atoms with Gasteiger partial charge in [0.25, 0.3) is 10.0 Å². The van der Waals surface area contributed by atoms with Crippen LogP contribution in [0, 0.1) is 5.92 Å². The topological polar surface area (TPSA) is 81.2 Å². The first-order chi connectivity index (χ1) is 7.91. The van der Waals surface area contributed by atoms with Crippen molar-refractivity contribution < 1.29 is 8.42 Å². The number of rotatable bonds is 2. The van der Waals surface area contributed by atoms with Gasteiger partial charge in [0.05, 0.1) is 6.20 Å². The fraction of sp³-hybridized carbons (Fsp3) is 0.700. The zero-order valence-electron chi connectivity index (χ0n) is 10.1. The monoisotopic (exact) mass is 258 g/mol. The number of sulfonamides is 1. The van der Waals surface area contributed by atoms with Crippen LogP contribution < -0.4 is 5.73 Å². The van der Waals surface area contributed by atoms with E-state index >= 15 is 0 Å². The minimum Gasteiger partial charge on any atom is -0.326 e. The summed E-state index contributed by atoms with van der Waals surface area (Å²) in [4.78, 5) is 0. The first-order valence-electron chi connectivity index (χ1n) is 5.65. The average Bonchev–Trinajstić information content (AvgIpc) is 2.63. The van der Waals surface area contributed by atoms with Gasteiger partial charge in [0, 0.05) is 26.2 Å². The Labute approximate surface area is 101 Å². The Morgan fingerprint density at radius 1 is 1.47 bits per heavy atom. The molecule has 2 rings (SSSR count). The van der Waals surface area contributed by atoms with E-state index in [0.29, 0.717) is 19.0 Å². The second-order valence-corrected chi connectivity index (χ2v) is 6.60. The molecule has 2 unspecified atom stereocenters. The fourth-order valence-corrected chi connectivity index (χ4v) is 4.01. The lowest BCUT2D eigenvalue weighted by Crippen LogP contribution is -2.49. The molecule has 0 radical (unpaired) electrons. The van der Waals surface area contributed by atoms with E-state index in [0.717, 1.165) is 6.42 Å². The van der Waals surface area contributed by atoms with Gasteiger partial charge >= 0.3 is 0 Å². The fourth-order valence-electron chi connectivity index (χ4n) is 2.29. The highest BCUT2D eigenvalue weighted by atomic mass is 32.2. The minimum absolute atomic E-state index is 0.0817. The SMILES string of the molecule is CC1CC(N)CN(S(=O)(=O)c2ccnn2C)C1. The van der Waals surface area contributed by atoms with E-state index in [1.807, 2.05) is 6.92 Å². The van der Waals surface area contributed by atoms with Crippen LogP contribution >= 0.6 is 0 Å². The standard InChI is InChI=1S/C10H18N4O2S/c1-8-5-9(11)7-14(6-8)17(15,16)10-3-4-12-13(10)2/h3-4,8-9H,5-7,11H2,1-2H3. The number of aromatic nitrogens is 2. The van der Waals surface area contributed by atoms with Crippen molar-refractivity contribution in [3.8, 4) is 0 Å². The molecule has 0 amide bonds. The maximum Gasteiger partial charge on any atom is 0.260 e. The molecule has 1 fully saturated rings. The van der Waals surface area contributed by atoms with Gasteiger partial charge < -0.3 is 5.73 Å². The highest BCUT2D eigenvalue weighted by molar-refractivity contribution is 7.89. The highest BCUT2D eigenvalue weighted by Gasteiger charge is 2.33. The van der Waals surface area contributed by atoms with Crippen molar-refractivity contribution in [1.29, 1.82) is 0 Å². The largest absolute Gasteiger partial charge is 0.326 e. The summed E-state index contributed by atoms with van der Waals surface area (Å²) >= 11 is 0. The molecule has 2 heterocycles. The van der Waals surface area contributed by atoms with Crippen LogP contribution in [0.1, 0.15) is 13.3 Å². The average molecular weight is 258 g/mol. The second-order valence-electron chi connectivity index (χ2n) is 4.72. The number of piperidine rings is 1. The molecule has 1 aromatic heterocycles. The molecule has 1 aliphatic rings. The van der Waals surface area contributed by atoms with Gasteiger partial charge in [-0.3, -0.25) is 4.68 Å². The number of hydrogen-bond donors (Lipinski definition) is 1. The van der Waals surface area contributed by atoms with Crippen molar-refractivity contribution in [2.75, 3.05) is 13.1 Å². The van der Waals surface area contributed by atoms with E-state index in [9.17, 15) is 8.42 Å². The summed E-state index contributed by atoms with van der Waals surface area (Å²) in [6, 6.07) is 1.43. The predicted molar refractivity (Wildman–Crippen MR) is 63.7 cm³/mol. The third-order valence-electron chi connectivity index (χ3n) is 3.04. The molecule has 0 aromatic carbocycles. The normalized spacial score (nSPS) is 27.2. The molecule has 7 heteroatoms. The zero-order valence-corrected chi connectivity index (χ0v) is 10.9. The Kier molecular flexibility index (Phi) is 3.24. The van der Waals surface area contributed by atoms with Crippen molar-refractivity contribution in [2.24, 2.45) is 18.7 Å². The molecular weight excluding hydrogens is 240 g/mol. The van der Waals surface area contributed by atoms with Gasteiger partial charge in [-0.15, -0.1) is 0 Å². The van der Waals surface area contributed by atoms with E-state index in [1.54, 1.807) is 7.05 Å². The van der Waals surface area contributed by atoms with E-state index in [-0.39, 0.29) is 11.1 Å². The maximum atomic E-state index is 12.4. The van der Waals surface area contributed by atoms with Crippen molar-refractivity contribution in [3.63, 3.8) is 0 Å². The molecule has 0 bridgehead atoms. The number of nitrogens with zero attached hydrogens (tertiary/aromatic N) is 3. The first-order valence-corrected chi connectivity index (χ1v) is 7.09. The van der Waals surface area contributed by atoms with Gasteiger partial charge in [0.2, 0.25) is 0 Å². The van der Waals surface area contributed by atoms with Crippen molar-refractivity contribution in [1.82, 2.24) is 14.1 Å². The van der Waals surface area contributed by atoms with Gasteiger partial charge in [0.15, 0.2) is 5.03 Å². The van der Waals surface area contributed by atoms with Crippen molar-refractivity contribution in [2.45, 2.75) is 24.4 Å². The molecule has 6 nitrogen and oxygen atoms in total. The number of nitrogens with two attached hydrogens (primary N) is 1. The van der Waals surface area contributed by atoms with Crippen molar-refractivity contribution in [3.05, 3.63) is 12.3 Å². The van der Waals surface area contributed by atoms with Crippen LogP contribution in [-0.2, 0) is 17.1 Å². The molecule has 0 saturated carbocycles. The molecule has 96 valence electrons. The first kappa shape index (κ1) is 12.5. The Bertz CT molecular complexity index is 486. The maximum absolute atomic E-state index is 12.4. The Morgan fingerprint density at radius 2 is 2.18 bits per heavy atom. The zero-order chi connectivity index (χ0) is 12.6. The summed E-state index contributed by atoms with van der Waals surface area (Å²) in [7, 11) is -1.84. The highest BCUT2D eigenvalue weighted by Crippen LogP contribution is 2.22. The second kappa shape index (κ2) is 4.40. The molecule has 1 aliphatic heterocycles. The molecule has 2 atom stereocenters. The van der Waals surface area contributed by atoms with Crippen LogP contribution in [0.5, 0.6) is 0 Å². The summed E-state index contributed by atoms with van der Waals surface area (Å²) in [5.74, 6) is 0.293. The van der Waals surface area contributed by atoms with Gasteiger partial charge in [-0.2, -0.15) is 9.40 Å². The molecule has 2 N–H and O–H groups in total. The summed E-state index contributed by atoms with van der Waals surface area (Å²) in [6.07, 6.45) is 2.36. The third-order valence-corrected chi connectivity index (χ3v) is 4.95. The van der Waals surface area contributed by atoms with Gasteiger partial charge in [-0.1, -0.05) is 6.92 Å². The quantitative estimate of drug-likeness (QED) is 0.795. The molecule has 0 aliphatic carbocycles. The van der Waals surface area contributed by atoms with E-state index in [2.05, 4.69) is 5.10 Å². The Hall–Kier alpha value is -0.920. The lowest BCUT2D eigenvalue weighted by molar-refractivity contribution is 0.253. The Morgan fingerprint density at radius 3 is 2.71 bits per heavy atom. The van der Waals surface area contributed by atoms with Gasteiger partial charge in [-0.25, -0.2) is 8.42 Å². The smallest absolute Gasteiger partial charge is 0.260 e. The van der Waals surface area contributed by atoms with Crippen LogP contribution in [0.4, 0.5) is 0 Å². The van der Waals surface area contributed by atoms with Gasteiger partial charge in [-0.05, 0) is 18.4 Å². The van der Waals surface area contributed by atoms with E-state index in [1.165, 1.54) is 21.3 Å². The Balaban J connectivity index is 2.30. The predicted octanol–water partition coefficient (Wildman–Crippen LogP) is -0.222. The number of aryl methyl sites for hydroxylation is 1. The molecule has 1 aromatic rings. The summed E-state index contributed by atoms with van der Waals surface area (Å²) < 4.78 is 27.6. The summed E-state index contributed by atoms with van der Waals surface area (Å²) in [6.45, 7) is 2.93. The lowest BCUT2D eigenvalue weighted by atomic mass is 9.99. The lowest BCUT2D eigenvalue weighted by Gasteiger charge is -2.33. The van der Waals surface area contributed by atoms with Gasteiger partial charge in [0.1, 0.15) is 0 Å². The van der Waals surface area contributed by atoms with E-state index < -0.39 is 10.0 Å².